The van der Waals surface area contributed by atoms with E-state index < -0.39 is 0 Å². The number of rotatable bonds is 5. The van der Waals surface area contributed by atoms with Crippen LogP contribution in [0.25, 0.3) is 17.0 Å². The number of para-hydroxylation sites is 1. The second-order valence-electron chi connectivity index (χ2n) is 6.13. The van der Waals surface area contributed by atoms with Crippen LogP contribution in [-0.2, 0) is 6.54 Å². The number of carbonyl (C=O) groups is 1. The van der Waals surface area contributed by atoms with Crippen LogP contribution in [0.15, 0.2) is 77.8 Å². The summed E-state index contributed by atoms with van der Waals surface area (Å²) in [6.07, 6.45) is 6.68. The van der Waals surface area contributed by atoms with Crippen LogP contribution < -0.4 is 5.32 Å². The van der Waals surface area contributed by atoms with Crippen molar-refractivity contribution in [2.45, 2.75) is 13.5 Å². The first-order valence-corrected chi connectivity index (χ1v) is 8.58. The second kappa shape index (κ2) is 7.29. The summed E-state index contributed by atoms with van der Waals surface area (Å²) < 4.78 is 7.15. The monoisotopic (exact) mass is 358 g/mol. The summed E-state index contributed by atoms with van der Waals surface area (Å²) in [5.41, 5.74) is 4.03. The van der Waals surface area contributed by atoms with Crippen LogP contribution in [0.5, 0.6) is 0 Å². The highest BCUT2D eigenvalue weighted by atomic mass is 16.3. The third-order valence-electron chi connectivity index (χ3n) is 4.31. The molecule has 4 aromatic rings. The van der Waals surface area contributed by atoms with Gasteiger partial charge < -0.3 is 9.73 Å². The highest BCUT2D eigenvalue weighted by molar-refractivity contribution is 5.95. The highest BCUT2D eigenvalue weighted by Gasteiger charge is 2.15. The van der Waals surface area contributed by atoms with E-state index in [4.69, 9.17) is 4.42 Å². The number of furan rings is 1. The molecular formula is C21H18N4O2. The average molecular weight is 358 g/mol. The van der Waals surface area contributed by atoms with Gasteiger partial charge in [0.2, 0.25) is 0 Å². The molecule has 3 aromatic heterocycles. The van der Waals surface area contributed by atoms with Crippen molar-refractivity contribution >= 4 is 5.91 Å². The smallest absolute Gasteiger partial charge is 0.255 e. The fourth-order valence-corrected chi connectivity index (χ4v) is 2.90. The lowest BCUT2D eigenvalue weighted by molar-refractivity contribution is 0.0950. The fourth-order valence-electron chi connectivity index (χ4n) is 2.90. The summed E-state index contributed by atoms with van der Waals surface area (Å²) in [6.45, 7) is 2.25. The molecule has 6 heteroatoms. The van der Waals surface area contributed by atoms with Gasteiger partial charge >= 0.3 is 0 Å². The molecule has 0 unspecified atom stereocenters. The summed E-state index contributed by atoms with van der Waals surface area (Å²) in [6, 6.07) is 15.4. The van der Waals surface area contributed by atoms with Gasteiger partial charge in [0.15, 0.2) is 0 Å². The predicted octanol–water partition coefficient (Wildman–Crippen LogP) is 3.77. The molecule has 0 spiro atoms. The number of benzene rings is 1. The van der Waals surface area contributed by atoms with Crippen molar-refractivity contribution in [3.63, 3.8) is 0 Å². The van der Waals surface area contributed by atoms with Crippen LogP contribution in [0, 0.1) is 6.92 Å². The van der Waals surface area contributed by atoms with E-state index in [0.717, 1.165) is 28.3 Å². The van der Waals surface area contributed by atoms with E-state index in [9.17, 15) is 4.79 Å². The second-order valence-corrected chi connectivity index (χ2v) is 6.13. The molecule has 27 heavy (non-hydrogen) atoms. The minimum absolute atomic E-state index is 0.168. The van der Waals surface area contributed by atoms with E-state index in [2.05, 4.69) is 15.4 Å². The van der Waals surface area contributed by atoms with E-state index in [-0.39, 0.29) is 5.91 Å². The summed E-state index contributed by atoms with van der Waals surface area (Å²) in [7, 11) is 0. The van der Waals surface area contributed by atoms with Crippen molar-refractivity contribution in [1.29, 1.82) is 0 Å². The maximum atomic E-state index is 12.6. The molecule has 4 rings (SSSR count). The number of nitrogens with one attached hydrogen (secondary N) is 1. The van der Waals surface area contributed by atoms with Crippen molar-refractivity contribution < 1.29 is 9.21 Å². The van der Waals surface area contributed by atoms with Gasteiger partial charge in [-0.05, 0) is 42.8 Å². The molecule has 0 aliphatic heterocycles. The quantitative estimate of drug-likeness (QED) is 0.589. The van der Waals surface area contributed by atoms with E-state index >= 15 is 0 Å². The Kier molecular flexibility index (Phi) is 4.53. The number of aromatic nitrogens is 3. The molecule has 0 saturated carbocycles. The van der Waals surface area contributed by atoms with E-state index in [1.165, 1.54) is 0 Å². The Balaban J connectivity index is 1.48. The topological polar surface area (TPSA) is 73.0 Å². The highest BCUT2D eigenvalue weighted by Crippen LogP contribution is 2.20. The summed E-state index contributed by atoms with van der Waals surface area (Å²) in [5.74, 6) is 0.578. The average Bonchev–Trinajstić information content (AvgIpc) is 3.37. The molecule has 1 N–H and O–H groups in total. The normalized spacial score (nSPS) is 10.7. The van der Waals surface area contributed by atoms with Gasteiger partial charge in [0.1, 0.15) is 5.76 Å². The summed E-state index contributed by atoms with van der Waals surface area (Å²) in [4.78, 5) is 16.8. The summed E-state index contributed by atoms with van der Waals surface area (Å²) >= 11 is 0. The minimum Gasteiger partial charge on any atom is -0.464 e. The Morgan fingerprint density at radius 1 is 1.11 bits per heavy atom. The van der Waals surface area contributed by atoms with Crippen LogP contribution in [0.1, 0.15) is 21.6 Å². The minimum atomic E-state index is -0.168. The van der Waals surface area contributed by atoms with Gasteiger partial charge in [-0.1, -0.05) is 18.2 Å². The van der Waals surface area contributed by atoms with E-state index in [0.29, 0.717) is 12.1 Å². The van der Waals surface area contributed by atoms with Gasteiger partial charge in [0.05, 0.1) is 29.4 Å². The van der Waals surface area contributed by atoms with Gasteiger partial charge in [-0.2, -0.15) is 5.10 Å². The SMILES string of the molecule is Cc1c(C(=O)NCc2cncc(-c3ccco3)c2)cnn1-c1ccccc1. The van der Waals surface area contributed by atoms with Crippen LogP contribution in [-0.4, -0.2) is 20.7 Å². The number of nitrogens with zero attached hydrogens (tertiary/aromatic N) is 3. The predicted molar refractivity (Wildman–Crippen MR) is 101 cm³/mol. The molecule has 0 radical (unpaired) electrons. The fraction of sp³-hybridized carbons (Fsp3) is 0.0952. The van der Waals surface area contributed by atoms with Crippen molar-refractivity contribution in [2.24, 2.45) is 0 Å². The van der Waals surface area contributed by atoms with Crippen molar-refractivity contribution in [1.82, 2.24) is 20.1 Å². The van der Waals surface area contributed by atoms with Crippen LogP contribution in [0.2, 0.25) is 0 Å². The third-order valence-corrected chi connectivity index (χ3v) is 4.31. The Hall–Kier alpha value is -3.67. The molecule has 0 atom stereocenters. The first-order chi connectivity index (χ1) is 13.2. The van der Waals surface area contributed by atoms with Gasteiger partial charge in [-0.25, -0.2) is 4.68 Å². The standard InChI is InChI=1S/C21H18N4O2/c1-15-19(14-24-25(15)18-6-3-2-4-7-18)21(26)23-12-16-10-17(13-22-11-16)20-8-5-9-27-20/h2-11,13-14H,12H2,1H3,(H,23,26). The van der Waals surface area contributed by atoms with Gasteiger partial charge in [-0.3, -0.25) is 9.78 Å². The lowest BCUT2D eigenvalue weighted by Gasteiger charge is -2.07. The molecule has 0 aliphatic carbocycles. The number of hydrogen-bond acceptors (Lipinski definition) is 4. The number of pyridine rings is 1. The van der Waals surface area contributed by atoms with Gasteiger partial charge in [-0.15, -0.1) is 0 Å². The van der Waals surface area contributed by atoms with E-state index in [1.807, 2.05) is 55.5 Å². The van der Waals surface area contributed by atoms with Crippen molar-refractivity contribution in [2.75, 3.05) is 0 Å². The molecule has 1 aromatic carbocycles. The van der Waals surface area contributed by atoms with Crippen LogP contribution in [0.4, 0.5) is 0 Å². The first kappa shape index (κ1) is 16.8. The molecule has 1 amide bonds. The first-order valence-electron chi connectivity index (χ1n) is 8.58. The Bertz CT molecular complexity index is 1050. The number of carbonyl (C=O) groups excluding carboxylic acids is 1. The zero-order chi connectivity index (χ0) is 18.6. The van der Waals surface area contributed by atoms with Gasteiger partial charge in [0.25, 0.3) is 5.91 Å². The van der Waals surface area contributed by atoms with Crippen LogP contribution in [0.3, 0.4) is 0 Å². The number of amides is 1. The van der Waals surface area contributed by atoms with E-state index in [1.54, 1.807) is 29.5 Å². The third kappa shape index (κ3) is 3.50. The molecule has 0 aliphatic rings. The molecule has 0 saturated heterocycles. The molecule has 0 fully saturated rings. The maximum Gasteiger partial charge on any atom is 0.255 e. The molecule has 0 bridgehead atoms. The molecule has 3 heterocycles. The van der Waals surface area contributed by atoms with Gasteiger partial charge in [0, 0.05) is 24.5 Å². The lowest BCUT2D eigenvalue weighted by Crippen LogP contribution is -2.23. The Morgan fingerprint density at radius 2 is 1.96 bits per heavy atom. The molecular weight excluding hydrogens is 340 g/mol. The lowest BCUT2D eigenvalue weighted by atomic mass is 10.1. The van der Waals surface area contributed by atoms with Crippen molar-refractivity contribution in [3.8, 4) is 17.0 Å². The largest absolute Gasteiger partial charge is 0.464 e. The molecule has 134 valence electrons. The molecule has 6 nitrogen and oxygen atoms in total. The number of hydrogen-bond donors (Lipinski definition) is 1. The zero-order valence-corrected chi connectivity index (χ0v) is 14.8. The Labute approximate surface area is 156 Å². The van der Waals surface area contributed by atoms with Crippen LogP contribution >= 0.6 is 0 Å². The maximum absolute atomic E-state index is 12.6. The summed E-state index contributed by atoms with van der Waals surface area (Å²) in [5, 5.41) is 7.27. The zero-order valence-electron chi connectivity index (χ0n) is 14.8. The van der Waals surface area contributed by atoms with Crippen molar-refractivity contribution in [3.05, 3.63) is 90.2 Å². The Morgan fingerprint density at radius 3 is 2.74 bits per heavy atom.